The van der Waals surface area contributed by atoms with E-state index in [9.17, 15) is 0 Å². The van der Waals surface area contributed by atoms with Gasteiger partial charge in [0.1, 0.15) is 5.11 Å². The number of fused-ring (bicyclic) bond motifs is 1. The Balaban J connectivity index is 1.75. The highest BCUT2D eigenvalue weighted by Crippen LogP contribution is 2.46. The van der Waals surface area contributed by atoms with Crippen molar-refractivity contribution >= 4 is 37.4 Å². The van der Waals surface area contributed by atoms with Crippen LogP contribution in [-0.2, 0) is 0 Å². The minimum atomic E-state index is -0.157. The predicted molar refractivity (Wildman–Crippen MR) is 111 cm³/mol. The standard InChI is InChI=1S/C19H22BrN4S/c1-2-24-17-13-15(14-3-6-16(20)7-4-14)5-8-18(17)25(19(24)21)23-11-9-22-10-12-23/h3-8,22H,2,9-12,21H2,1H3. The fraction of sp³-hybridized carbons (Fsp3) is 0.316. The summed E-state index contributed by atoms with van der Waals surface area (Å²) < 4.78 is 3.60. The van der Waals surface area contributed by atoms with Crippen LogP contribution in [0.4, 0.5) is 5.69 Å². The Morgan fingerprint density at radius 3 is 2.56 bits per heavy atom. The molecule has 0 aliphatic carbocycles. The molecule has 4 rings (SSSR count). The van der Waals surface area contributed by atoms with E-state index >= 15 is 0 Å². The van der Waals surface area contributed by atoms with Crippen LogP contribution in [0.15, 0.2) is 45.8 Å². The third-order valence-electron chi connectivity index (χ3n) is 4.64. The molecule has 2 heterocycles. The molecule has 0 spiro atoms. The topological polar surface area (TPSA) is 44.5 Å². The highest BCUT2D eigenvalue weighted by molar-refractivity contribution is 9.10. The summed E-state index contributed by atoms with van der Waals surface area (Å²) in [5.41, 5.74) is 10.0. The second-order valence-electron chi connectivity index (χ2n) is 6.14. The lowest BCUT2D eigenvalue weighted by atomic mass is 10.0. The maximum atomic E-state index is 6.59. The number of piperazine rings is 1. The molecule has 1 radical (unpaired) electrons. The van der Waals surface area contributed by atoms with Crippen molar-refractivity contribution in [3.63, 3.8) is 0 Å². The lowest BCUT2D eigenvalue weighted by Gasteiger charge is -2.29. The number of nitrogens with two attached hydrogens (primary N) is 1. The van der Waals surface area contributed by atoms with E-state index in [0.717, 1.165) is 53.6 Å². The number of nitrogens with zero attached hydrogens (tertiary/aromatic N) is 2. The Hall–Kier alpha value is -1.18. The van der Waals surface area contributed by atoms with Crippen molar-refractivity contribution < 1.29 is 0 Å². The van der Waals surface area contributed by atoms with Gasteiger partial charge in [0.2, 0.25) is 0 Å². The second-order valence-corrected chi connectivity index (χ2v) is 9.00. The molecule has 25 heavy (non-hydrogen) atoms. The minimum absolute atomic E-state index is 0.157. The molecule has 2 aromatic rings. The zero-order valence-corrected chi connectivity index (χ0v) is 16.7. The molecule has 1 saturated heterocycles. The molecule has 1 unspecified atom stereocenters. The molecule has 3 N–H and O–H groups in total. The number of rotatable bonds is 3. The minimum Gasteiger partial charge on any atom is -0.325 e. The van der Waals surface area contributed by atoms with Crippen molar-refractivity contribution in [1.29, 1.82) is 0 Å². The predicted octanol–water partition coefficient (Wildman–Crippen LogP) is 3.25. The van der Waals surface area contributed by atoms with Crippen LogP contribution in [0.5, 0.6) is 0 Å². The summed E-state index contributed by atoms with van der Waals surface area (Å²) in [6.45, 7) is 7.15. The van der Waals surface area contributed by atoms with Crippen molar-refractivity contribution in [3.05, 3.63) is 46.9 Å². The van der Waals surface area contributed by atoms with Gasteiger partial charge < -0.3 is 10.2 Å². The maximum Gasteiger partial charge on any atom is 0.127 e. The van der Waals surface area contributed by atoms with Gasteiger partial charge in [-0.1, -0.05) is 34.1 Å². The molecular formula is C19H22BrN4S. The van der Waals surface area contributed by atoms with Crippen LogP contribution in [-0.4, -0.2) is 42.1 Å². The molecule has 6 heteroatoms. The first-order chi connectivity index (χ1) is 12.2. The van der Waals surface area contributed by atoms with Crippen LogP contribution < -0.4 is 16.0 Å². The lowest BCUT2D eigenvalue weighted by molar-refractivity contribution is 0.395. The summed E-state index contributed by atoms with van der Waals surface area (Å²) in [5.74, 6) is 0. The van der Waals surface area contributed by atoms with E-state index in [0.29, 0.717) is 0 Å². The van der Waals surface area contributed by atoms with E-state index in [4.69, 9.17) is 5.73 Å². The molecule has 2 aromatic carbocycles. The summed E-state index contributed by atoms with van der Waals surface area (Å²) in [4.78, 5) is 3.53. The average molecular weight is 418 g/mol. The molecule has 1 atom stereocenters. The molecule has 0 bridgehead atoms. The Labute approximate surface area is 160 Å². The van der Waals surface area contributed by atoms with Gasteiger partial charge in [0.05, 0.1) is 5.69 Å². The number of hydrogen-bond donors (Lipinski definition) is 2. The summed E-state index contributed by atoms with van der Waals surface area (Å²) in [5, 5.41) is 4.39. The monoisotopic (exact) mass is 417 g/mol. The normalized spacial score (nSPS) is 20.8. The Morgan fingerprint density at radius 1 is 1.16 bits per heavy atom. The van der Waals surface area contributed by atoms with Crippen molar-refractivity contribution in [3.8, 4) is 11.1 Å². The highest BCUT2D eigenvalue weighted by atomic mass is 79.9. The van der Waals surface area contributed by atoms with Crippen molar-refractivity contribution in [2.45, 2.75) is 11.8 Å². The molecule has 2 aliphatic heterocycles. The van der Waals surface area contributed by atoms with E-state index in [1.165, 1.54) is 10.5 Å². The second kappa shape index (κ2) is 7.21. The van der Waals surface area contributed by atoms with Gasteiger partial charge in [-0.3, -0.25) is 5.73 Å². The third-order valence-corrected chi connectivity index (χ3v) is 7.41. The van der Waals surface area contributed by atoms with Gasteiger partial charge in [0.25, 0.3) is 0 Å². The highest BCUT2D eigenvalue weighted by Gasteiger charge is 2.30. The first kappa shape index (κ1) is 17.2. The quantitative estimate of drug-likeness (QED) is 0.752. The Bertz CT molecular complexity index is 813. The van der Waals surface area contributed by atoms with E-state index in [2.05, 4.69) is 79.8 Å². The van der Waals surface area contributed by atoms with Gasteiger partial charge in [-0.05, 0) is 46.9 Å². The average Bonchev–Trinajstić information content (AvgIpc) is 2.93. The summed E-state index contributed by atoms with van der Waals surface area (Å²) in [6, 6.07) is 16.4. The zero-order chi connectivity index (χ0) is 17.4. The SMILES string of the molecule is CCN1C(N)=S(N2CCNCC2)c2ccc(-c3ccc(Br)cc3)[c]c21. The van der Waals surface area contributed by atoms with E-state index in [1.54, 1.807) is 0 Å². The maximum absolute atomic E-state index is 6.59. The fourth-order valence-electron chi connectivity index (χ4n) is 3.36. The number of hydrogen-bond acceptors (Lipinski definition) is 4. The number of nitrogens with one attached hydrogen (secondary N) is 1. The molecule has 0 saturated carbocycles. The van der Waals surface area contributed by atoms with Gasteiger partial charge in [-0.25, -0.2) is 4.31 Å². The van der Waals surface area contributed by atoms with E-state index < -0.39 is 0 Å². The van der Waals surface area contributed by atoms with Gasteiger partial charge >= 0.3 is 0 Å². The summed E-state index contributed by atoms with van der Waals surface area (Å²) in [7, 11) is -0.157. The Morgan fingerprint density at radius 2 is 1.88 bits per heavy atom. The van der Waals surface area contributed by atoms with Crippen LogP contribution in [0.2, 0.25) is 0 Å². The molecule has 131 valence electrons. The summed E-state index contributed by atoms with van der Waals surface area (Å²) in [6.07, 6.45) is 0. The largest absolute Gasteiger partial charge is 0.325 e. The van der Waals surface area contributed by atoms with Crippen LogP contribution in [0.1, 0.15) is 6.92 Å². The lowest BCUT2D eigenvalue weighted by Crippen LogP contribution is -2.42. The van der Waals surface area contributed by atoms with E-state index in [-0.39, 0.29) is 10.7 Å². The van der Waals surface area contributed by atoms with Crippen LogP contribution in [0, 0.1) is 6.07 Å². The van der Waals surface area contributed by atoms with Crippen molar-refractivity contribution in [1.82, 2.24) is 9.62 Å². The zero-order valence-electron chi connectivity index (χ0n) is 14.3. The molecule has 4 nitrogen and oxygen atoms in total. The van der Waals surface area contributed by atoms with Crippen LogP contribution in [0.3, 0.4) is 0 Å². The van der Waals surface area contributed by atoms with Gasteiger partial charge in [-0.2, -0.15) is 0 Å². The first-order valence-electron chi connectivity index (χ1n) is 8.61. The van der Waals surface area contributed by atoms with Crippen molar-refractivity contribution in [2.75, 3.05) is 37.6 Å². The molecule has 1 fully saturated rings. The van der Waals surface area contributed by atoms with Crippen LogP contribution >= 0.6 is 26.6 Å². The third kappa shape index (κ3) is 3.17. The van der Waals surface area contributed by atoms with Gasteiger partial charge in [0.15, 0.2) is 0 Å². The number of halogens is 1. The number of benzene rings is 2. The van der Waals surface area contributed by atoms with Gasteiger partial charge in [0, 0.05) is 48.2 Å². The molecular weight excluding hydrogens is 396 g/mol. The van der Waals surface area contributed by atoms with Gasteiger partial charge in [-0.15, -0.1) is 0 Å². The van der Waals surface area contributed by atoms with Crippen LogP contribution in [0.25, 0.3) is 11.1 Å². The molecule has 0 amide bonds. The molecule has 2 aliphatic rings. The summed E-state index contributed by atoms with van der Waals surface area (Å²) >= 11 is 3.50. The smallest absolute Gasteiger partial charge is 0.127 e. The Kier molecular flexibility index (Phi) is 4.97. The molecule has 0 aromatic heterocycles. The first-order valence-corrected chi connectivity index (χ1v) is 10.6. The fourth-order valence-corrected chi connectivity index (χ4v) is 5.91. The van der Waals surface area contributed by atoms with Crippen molar-refractivity contribution in [2.24, 2.45) is 5.73 Å². The number of anilines is 1. The van der Waals surface area contributed by atoms with E-state index in [1.807, 2.05) is 0 Å².